The lowest BCUT2D eigenvalue weighted by Gasteiger charge is -2.13. The van der Waals surface area contributed by atoms with E-state index in [9.17, 15) is 8.42 Å². The van der Waals surface area contributed by atoms with E-state index in [0.717, 1.165) is 19.4 Å². The molecule has 1 heterocycles. The third kappa shape index (κ3) is 2.93. The quantitative estimate of drug-likeness (QED) is 0.907. The van der Waals surface area contributed by atoms with Crippen molar-refractivity contribution in [1.82, 2.24) is 5.32 Å². The van der Waals surface area contributed by atoms with Crippen LogP contribution in [0.4, 0.5) is 0 Å². The van der Waals surface area contributed by atoms with Crippen LogP contribution in [0.5, 0.6) is 0 Å². The van der Waals surface area contributed by atoms with Gasteiger partial charge in [0.25, 0.3) is 0 Å². The van der Waals surface area contributed by atoms with Crippen LogP contribution in [0.1, 0.15) is 29.5 Å². The van der Waals surface area contributed by atoms with Gasteiger partial charge in [-0.25, -0.2) is 8.42 Å². The lowest BCUT2D eigenvalue weighted by Crippen LogP contribution is -2.30. The third-order valence-corrected chi connectivity index (χ3v) is 6.06. The van der Waals surface area contributed by atoms with Gasteiger partial charge in [-0.1, -0.05) is 18.2 Å². The molecule has 1 N–H and O–H groups in total. The first-order valence-corrected chi connectivity index (χ1v) is 8.19. The van der Waals surface area contributed by atoms with Crippen molar-refractivity contribution in [2.75, 3.05) is 12.3 Å². The molecule has 1 aromatic carbocycles. The monoisotopic (exact) mass is 267 g/mol. The predicted octanol–water partition coefficient (Wildman–Crippen LogP) is 1.97. The Morgan fingerprint density at radius 2 is 1.94 bits per heavy atom. The van der Waals surface area contributed by atoms with Crippen LogP contribution >= 0.6 is 0 Å². The molecule has 0 spiro atoms. The summed E-state index contributed by atoms with van der Waals surface area (Å²) in [5.74, 6) is 0.364. The number of aryl methyl sites for hydroxylation is 2. The molecule has 1 aliphatic rings. The van der Waals surface area contributed by atoms with E-state index >= 15 is 0 Å². The Bertz CT molecular complexity index is 502. The molecule has 18 heavy (non-hydrogen) atoms. The van der Waals surface area contributed by atoms with Crippen molar-refractivity contribution in [3.8, 4) is 0 Å². The number of hydrogen-bond donors (Lipinski definition) is 1. The van der Waals surface area contributed by atoms with E-state index in [4.69, 9.17) is 0 Å². The van der Waals surface area contributed by atoms with Crippen LogP contribution in [-0.4, -0.2) is 26.0 Å². The Balaban J connectivity index is 1.93. The summed E-state index contributed by atoms with van der Waals surface area (Å²) in [5.41, 5.74) is 3.81. The summed E-state index contributed by atoms with van der Waals surface area (Å²) in [6.45, 7) is 5.52. The molecule has 1 saturated heterocycles. The van der Waals surface area contributed by atoms with Gasteiger partial charge in [0.15, 0.2) is 9.84 Å². The van der Waals surface area contributed by atoms with E-state index in [1.807, 2.05) is 0 Å². The summed E-state index contributed by atoms with van der Waals surface area (Å²) in [5, 5.41) is 3.12. The van der Waals surface area contributed by atoms with E-state index in [1.54, 1.807) is 0 Å². The SMILES string of the molecule is Cc1cccc(C)c1CNCC1CCCS1(=O)=O. The number of sulfone groups is 1. The standard InChI is InChI=1S/C14H21NO2S/c1-11-5-3-6-12(2)14(11)10-15-9-13-7-4-8-18(13,16)17/h3,5-6,13,15H,4,7-10H2,1-2H3. The highest BCUT2D eigenvalue weighted by atomic mass is 32.2. The zero-order valence-electron chi connectivity index (χ0n) is 11.1. The lowest BCUT2D eigenvalue weighted by atomic mass is 10.0. The van der Waals surface area contributed by atoms with Crippen molar-refractivity contribution in [3.05, 3.63) is 34.9 Å². The Kier molecular flexibility index (Phi) is 4.07. The molecule has 1 unspecified atom stereocenters. The highest BCUT2D eigenvalue weighted by Gasteiger charge is 2.30. The van der Waals surface area contributed by atoms with Crippen LogP contribution in [0.15, 0.2) is 18.2 Å². The van der Waals surface area contributed by atoms with Crippen LogP contribution < -0.4 is 5.32 Å². The summed E-state index contributed by atoms with van der Waals surface area (Å²) in [4.78, 5) is 0. The van der Waals surface area contributed by atoms with Gasteiger partial charge in [0.2, 0.25) is 0 Å². The smallest absolute Gasteiger partial charge is 0.154 e. The number of benzene rings is 1. The normalized spacial score (nSPS) is 22.2. The molecule has 0 aromatic heterocycles. The minimum Gasteiger partial charge on any atom is -0.311 e. The fourth-order valence-corrected chi connectivity index (χ4v) is 4.37. The first kappa shape index (κ1) is 13.6. The molecule has 0 aliphatic carbocycles. The molecule has 0 saturated carbocycles. The topological polar surface area (TPSA) is 46.2 Å². The zero-order valence-corrected chi connectivity index (χ0v) is 11.9. The fraction of sp³-hybridized carbons (Fsp3) is 0.571. The van der Waals surface area contributed by atoms with E-state index in [2.05, 4.69) is 37.4 Å². The van der Waals surface area contributed by atoms with Crippen molar-refractivity contribution < 1.29 is 8.42 Å². The number of hydrogen-bond acceptors (Lipinski definition) is 3. The van der Waals surface area contributed by atoms with Gasteiger partial charge < -0.3 is 5.32 Å². The van der Waals surface area contributed by atoms with Gasteiger partial charge in [-0.05, 0) is 43.4 Å². The second-order valence-electron chi connectivity index (χ2n) is 5.13. The second kappa shape index (κ2) is 5.41. The highest BCUT2D eigenvalue weighted by molar-refractivity contribution is 7.92. The van der Waals surface area contributed by atoms with Crippen molar-refractivity contribution in [1.29, 1.82) is 0 Å². The first-order valence-electron chi connectivity index (χ1n) is 6.48. The molecule has 2 rings (SSSR count). The van der Waals surface area contributed by atoms with Crippen LogP contribution in [0.25, 0.3) is 0 Å². The van der Waals surface area contributed by atoms with Gasteiger partial charge in [-0.2, -0.15) is 0 Å². The van der Waals surface area contributed by atoms with Gasteiger partial charge in [-0.3, -0.25) is 0 Å². The van der Waals surface area contributed by atoms with E-state index in [-0.39, 0.29) is 5.25 Å². The molecule has 0 radical (unpaired) electrons. The fourth-order valence-electron chi connectivity index (χ4n) is 2.57. The van der Waals surface area contributed by atoms with Crippen LogP contribution in [-0.2, 0) is 16.4 Å². The van der Waals surface area contributed by atoms with Gasteiger partial charge in [0, 0.05) is 13.1 Å². The van der Waals surface area contributed by atoms with Crippen molar-refractivity contribution in [2.24, 2.45) is 0 Å². The molecule has 1 atom stereocenters. The average Bonchev–Trinajstić information content (AvgIpc) is 2.62. The van der Waals surface area contributed by atoms with E-state index < -0.39 is 9.84 Å². The zero-order chi connectivity index (χ0) is 13.2. The molecule has 4 heteroatoms. The number of rotatable bonds is 4. The maximum Gasteiger partial charge on any atom is 0.154 e. The Morgan fingerprint density at radius 3 is 2.50 bits per heavy atom. The lowest BCUT2D eigenvalue weighted by molar-refractivity contribution is 0.573. The molecule has 0 bridgehead atoms. The Hall–Kier alpha value is -0.870. The van der Waals surface area contributed by atoms with Crippen molar-refractivity contribution >= 4 is 9.84 Å². The van der Waals surface area contributed by atoms with Crippen LogP contribution in [0.2, 0.25) is 0 Å². The van der Waals surface area contributed by atoms with Crippen molar-refractivity contribution in [2.45, 2.75) is 38.5 Å². The Labute approximate surface area is 110 Å². The minimum atomic E-state index is -2.82. The van der Waals surface area contributed by atoms with Gasteiger partial charge >= 0.3 is 0 Å². The first-order chi connectivity index (χ1) is 8.50. The maximum atomic E-state index is 11.7. The summed E-state index contributed by atoms with van der Waals surface area (Å²) in [6.07, 6.45) is 1.63. The molecule has 3 nitrogen and oxygen atoms in total. The third-order valence-electron chi connectivity index (χ3n) is 3.78. The average molecular weight is 267 g/mol. The largest absolute Gasteiger partial charge is 0.311 e. The summed E-state index contributed by atoms with van der Waals surface area (Å²) < 4.78 is 23.4. The molecular weight excluding hydrogens is 246 g/mol. The van der Waals surface area contributed by atoms with Crippen LogP contribution in [0, 0.1) is 13.8 Å². The molecule has 100 valence electrons. The molecule has 0 amide bonds. The second-order valence-corrected chi connectivity index (χ2v) is 7.53. The number of nitrogens with one attached hydrogen (secondary N) is 1. The molecule has 1 aliphatic heterocycles. The predicted molar refractivity (Wildman–Crippen MR) is 74.4 cm³/mol. The van der Waals surface area contributed by atoms with Crippen LogP contribution in [0.3, 0.4) is 0 Å². The van der Waals surface area contributed by atoms with E-state index in [0.29, 0.717) is 12.3 Å². The van der Waals surface area contributed by atoms with Gasteiger partial charge in [0.05, 0.1) is 11.0 Å². The van der Waals surface area contributed by atoms with Gasteiger partial charge in [0.1, 0.15) is 0 Å². The molecular formula is C14H21NO2S. The maximum absolute atomic E-state index is 11.7. The highest BCUT2D eigenvalue weighted by Crippen LogP contribution is 2.19. The summed E-state index contributed by atoms with van der Waals surface area (Å²) in [6, 6.07) is 6.24. The summed E-state index contributed by atoms with van der Waals surface area (Å²) >= 11 is 0. The molecule has 1 aromatic rings. The molecule has 1 fully saturated rings. The van der Waals surface area contributed by atoms with Crippen molar-refractivity contribution in [3.63, 3.8) is 0 Å². The van der Waals surface area contributed by atoms with Gasteiger partial charge in [-0.15, -0.1) is 0 Å². The Morgan fingerprint density at radius 1 is 1.28 bits per heavy atom. The van der Waals surface area contributed by atoms with E-state index in [1.165, 1.54) is 16.7 Å². The minimum absolute atomic E-state index is 0.179. The summed E-state index contributed by atoms with van der Waals surface area (Å²) in [7, 11) is -2.82.